The van der Waals surface area contributed by atoms with E-state index in [4.69, 9.17) is 0 Å². The first-order valence-electron chi connectivity index (χ1n) is 1.00. The zero-order chi connectivity index (χ0) is 4.62. The molecule has 0 bridgehead atoms. The van der Waals surface area contributed by atoms with Crippen molar-refractivity contribution < 1.29 is 43.1 Å². The zero-order valence-corrected chi connectivity index (χ0v) is 9.58. The number of hydrogen-bond donors (Lipinski definition) is 0. The van der Waals surface area contributed by atoms with E-state index >= 15 is 0 Å². The maximum atomic E-state index is 9.62. The van der Waals surface area contributed by atoms with E-state index in [1.54, 1.807) is 0 Å². The SMILES string of the molecule is O.O.O.O.O.O=S1(=O)OSO1.[Na]. The Labute approximate surface area is 95.0 Å². The van der Waals surface area contributed by atoms with E-state index in [1.807, 2.05) is 0 Å². The van der Waals surface area contributed by atoms with E-state index in [2.05, 4.69) is 7.26 Å². The molecule has 1 fully saturated rings. The third-order valence-electron chi connectivity index (χ3n) is 0.222. The van der Waals surface area contributed by atoms with Gasteiger partial charge in [0.2, 0.25) is 0 Å². The van der Waals surface area contributed by atoms with Crippen LogP contribution in [0.3, 0.4) is 0 Å². The molecule has 1 aliphatic heterocycles. The van der Waals surface area contributed by atoms with Gasteiger partial charge in [-0.15, -0.1) is 7.26 Å². The van der Waals surface area contributed by atoms with Gasteiger partial charge in [-0.1, -0.05) is 0 Å². The molecule has 1 radical (unpaired) electrons. The molecule has 0 aromatic heterocycles. The molecular formula is H10NaO9S2. The first-order valence-corrected chi connectivity index (χ1v) is 3.00. The van der Waals surface area contributed by atoms with Crippen LogP contribution in [0.4, 0.5) is 0 Å². The normalized spacial score (nSPS) is 14.3. The Kier molecular flexibility index (Phi) is 46.2. The fraction of sp³-hybridized carbons (Fsp3) is 0. The van der Waals surface area contributed by atoms with Crippen LogP contribution in [0.25, 0.3) is 0 Å². The van der Waals surface area contributed by atoms with Crippen LogP contribution in [0.2, 0.25) is 0 Å². The van der Waals surface area contributed by atoms with Gasteiger partial charge < -0.3 is 27.4 Å². The van der Waals surface area contributed by atoms with Crippen molar-refractivity contribution in [3.05, 3.63) is 0 Å². The van der Waals surface area contributed by atoms with Crippen molar-refractivity contribution in [3.8, 4) is 0 Å². The third-order valence-corrected chi connectivity index (χ3v) is 2.00. The van der Waals surface area contributed by atoms with Gasteiger partial charge in [-0.05, 0) is 0 Å². The van der Waals surface area contributed by atoms with Crippen molar-refractivity contribution in [1.29, 1.82) is 0 Å². The van der Waals surface area contributed by atoms with E-state index in [9.17, 15) is 8.42 Å². The molecule has 0 amide bonds. The van der Waals surface area contributed by atoms with Crippen LogP contribution in [0.15, 0.2) is 0 Å². The Morgan fingerprint density at radius 1 is 0.833 bits per heavy atom. The summed E-state index contributed by atoms with van der Waals surface area (Å²) in [4.78, 5) is 0. The molecule has 1 heterocycles. The summed E-state index contributed by atoms with van der Waals surface area (Å²) in [7, 11) is -3.52. The van der Waals surface area contributed by atoms with Crippen molar-refractivity contribution in [2.24, 2.45) is 0 Å². The monoisotopic (exact) mass is 241 g/mol. The first kappa shape index (κ1) is 38.2. The van der Waals surface area contributed by atoms with E-state index in [-0.39, 0.29) is 56.9 Å². The fourth-order valence-corrected chi connectivity index (χ4v) is 0.658. The van der Waals surface area contributed by atoms with E-state index in [1.165, 1.54) is 0 Å². The zero-order valence-electron chi connectivity index (χ0n) is 5.95. The molecule has 1 saturated heterocycles. The van der Waals surface area contributed by atoms with Crippen LogP contribution < -0.4 is 0 Å². The predicted octanol–water partition coefficient (Wildman–Crippen LogP) is -4.66. The summed E-state index contributed by atoms with van der Waals surface area (Å²) >= 11 is 0.456. The molecule has 1 rings (SSSR count). The van der Waals surface area contributed by atoms with Crippen LogP contribution in [-0.4, -0.2) is 65.4 Å². The predicted molar refractivity (Wildman–Crippen MR) is 42.5 cm³/mol. The Morgan fingerprint density at radius 2 is 1.00 bits per heavy atom. The topological polar surface area (TPSA) is 210 Å². The second-order valence-electron chi connectivity index (χ2n) is 0.612. The molecule has 0 saturated carbocycles. The Balaban J connectivity index is -0.0000000150. The molecule has 0 aromatic carbocycles. The van der Waals surface area contributed by atoms with Crippen LogP contribution >= 0.6 is 12.3 Å². The summed E-state index contributed by atoms with van der Waals surface area (Å²) in [6.07, 6.45) is 0. The van der Waals surface area contributed by atoms with Gasteiger partial charge >= 0.3 is 10.4 Å². The molecule has 0 aromatic rings. The maximum absolute atomic E-state index is 9.62. The summed E-state index contributed by atoms with van der Waals surface area (Å²) in [5, 5.41) is 0. The third kappa shape index (κ3) is 13.6. The minimum Gasteiger partial charge on any atom is -0.412 e. The molecule has 77 valence electrons. The summed E-state index contributed by atoms with van der Waals surface area (Å²) in [6.45, 7) is 0. The summed E-state index contributed by atoms with van der Waals surface area (Å²) in [5.41, 5.74) is 0. The van der Waals surface area contributed by atoms with E-state index in [0.29, 0.717) is 12.3 Å². The second kappa shape index (κ2) is 14.5. The largest absolute Gasteiger partial charge is 0.425 e. The van der Waals surface area contributed by atoms with Crippen molar-refractivity contribution in [2.75, 3.05) is 0 Å². The standard InChI is InChI=1S/Na.O4S2.5H2O/c;1-6(2)3-5-4-6;;;;;/h;;5*1H2. The van der Waals surface area contributed by atoms with Crippen molar-refractivity contribution in [1.82, 2.24) is 0 Å². The molecule has 10 N–H and O–H groups in total. The van der Waals surface area contributed by atoms with Crippen LogP contribution in [-0.2, 0) is 17.7 Å². The van der Waals surface area contributed by atoms with Gasteiger partial charge in [0.25, 0.3) is 0 Å². The van der Waals surface area contributed by atoms with Gasteiger partial charge in [-0.25, -0.2) is 0 Å². The molecule has 9 nitrogen and oxygen atoms in total. The van der Waals surface area contributed by atoms with Crippen molar-refractivity contribution in [2.45, 2.75) is 0 Å². The Bertz CT molecular complexity index is 127. The van der Waals surface area contributed by atoms with Gasteiger partial charge in [0, 0.05) is 29.6 Å². The molecule has 0 atom stereocenters. The summed E-state index contributed by atoms with van der Waals surface area (Å²) < 4.78 is 26.8. The molecule has 12 heavy (non-hydrogen) atoms. The smallest absolute Gasteiger partial charge is 0.412 e. The fourth-order valence-electron chi connectivity index (χ4n) is 0.0731. The second-order valence-corrected chi connectivity index (χ2v) is 2.65. The molecular weight excluding hydrogens is 231 g/mol. The first-order chi connectivity index (χ1) is 2.71. The summed E-state index contributed by atoms with van der Waals surface area (Å²) in [6, 6.07) is 0. The van der Waals surface area contributed by atoms with Crippen LogP contribution in [0, 0.1) is 0 Å². The van der Waals surface area contributed by atoms with Gasteiger partial charge in [-0.2, -0.15) is 8.42 Å². The molecule has 0 spiro atoms. The molecule has 0 unspecified atom stereocenters. The number of hydrogen-bond acceptors (Lipinski definition) is 5. The minimum atomic E-state index is -3.52. The van der Waals surface area contributed by atoms with Crippen molar-refractivity contribution >= 4 is 52.3 Å². The minimum absolute atomic E-state index is 0. The average Bonchev–Trinajstić information content (AvgIpc) is 1.32. The molecule has 1 aliphatic rings. The van der Waals surface area contributed by atoms with Gasteiger partial charge in [-0.3, -0.25) is 0 Å². The van der Waals surface area contributed by atoms with Crippen LogP contribution in [0.1, 0.15) is 0 Å². The maximum Gasteiger partial charge on any atom is 0.425 e. The van der Waals surface area contributed by atoms with Crippen molar-refractivity contribution in [3.63, 3.8) is 0 Å². The van der Waals surface area contributed by atoms with E-state index < -0.39 is 10.4 Å². The summed E-state index contributed by atoms with van der Waals surface area (Å²) in [5.74, 6) is 0. The van der Waals surface area contributed by atoms with Crippen LogP contribution in [0.5, 0.6) is 0 Å². The Hall–Kier alpha value is 1.02. The molecule has 0 aliphatic carbocycles. The molecule has 12 heteroatoms. The van der Waals surface area contributed by atoms with E-state index in [0.717, 1.165) is 0 Å². The van der Waals surface area contributed by atoms with Gasteiger partial charge in [0.15, 0.2) is 12.3 Å². The average molecular weight is 241 g/mol. The van der Waals surface area contributed by atoms with Gasteiger partial charge in [0.05, 0.1) is 0 Å². The number of rotatable bonds is 0. The quantitative estimate of drug-likeness (QED) is 0.301. The van der Waals surface area contributed by atoms with Gasteiger partial charge in [0.1, 0.15) is 0 Å². The Morgan fingerprint density at radius 3 is 1.00 bits per heavy atom.